The fraction of sp³-hybridized carbons (Fsp3) is 0.688. The first kappa shape index (κ1) is 16.0. The maximum absolute atomic E-state index is 10.8. The Morgan fingerprint density at radius 1 is 1.52 bits per heavy atom. The van der Waals surface area contributed by atoms with Crippen molar-refractivity contribution in [3.8, 4) is 0 Å². The van der Waals surface area contributed by atoms with Crippen molar-refractivity contribution >= 4 is 5.97 Å². The number of piperidine rings is 1. The fourth-order valence-corrected chi connectivity index (χ4v) is 2.89. The van der Waals surface area contributed by atoms with Crippen LogP contribution in [0.15, 0.2) is 16.5 Å². The highest BCUT2D eigenvalue weighted by atomic mass is 16.4. The molecule has 118 valence electrons. The van der Waals surface area contributed by atoms with Crippen molar-refractivity contribution in [2.24, 2.45) is 0 Å². The molecule has 0 saturated carbocycles. The van der Waals surface area contributed by atoms with E-state index < -0.39 is 5.97 Å². The van der Waals surface area contributed by atoms with Gasteiger partial charge in [0.2, 0.25) is 5.76 Å². The summed E-state index contributed by atoms with van der Waals surface area (Å²) in [6.45, 7) is 7.56. The third-order valence-corrected chi connectivity index (χ3v) is 4.28. The molecule has 2 atom stereocenters. The Balaban J connectivity index is 1.68. The van der Waals surface area contributed by atoms with Crippen LogP contribution in [-0.2, 0) is 0 Å². The van der Waals surface area contributed by atoms with Crippen LogP contribution in [0.25, 0.3) is 0 Å². The van der Waals surface area contributed by atoms with E-state index in [0.717, 1.165) is 19.5 Å². The summed E-state index contributed by atoms with van der Waals surface area (Å²) in [6.07, 6.45) is 5.09. The molecule has 0 amide bonds. The van der Waals surface area contributed by atoms with Crippen molar-refractivity contribution in [2.75, 3.05) is 19.6 Å². The van der Waals surface area contributed by atoms with Gasteiger partial charge in [-0.05, 0) is 64.9 Å². The summed E-state index contributed by atoms with van der Waals surface area (Å²) in [5.74, 6) is -0.341. The third kappa shape index (κ3) is 4.58. The van der Waals surface area contributed by atoms with Crippen molar-refractivity contribution in [3.05, 3.63) is 23.7 Å². The summed E-state index contributed by atoms with van der Waals surface area (Å²) >= 11 is 0. The lowest BCUT2D eigenvalue weighted by molar-refractivity contribution is 0.0659. The quantitative estimate of drug-likeness (QED) is 0.757. The zero-order chi connectivity index (χ0) is 15.2. The lowest BCUT2D eigenvalue weighted by Gasteiger charge is -2.33. The maximum Gasteiger partial charge on any atom is 0.371 e. The number of carboxylic acid groups (broad SMARTS) is 1. The number of nitrogens with one attached hydrogen (secondary N) is 1. The zero-order valence-corrected chi connectivity index (χ0v) is 13.0. The molecule has 1 aliphatic rings. The van der Waals surface area contributed by atoms with Gasteiger partial charge in [-0.3, -0.25) is 0 Å². The van der Waals surface area contributed by atoms with E-state index in [1.165, 1.54) is 31.9 Å². The molecule has 5 heteroatoms. The Morgan fingerprint density at radius 3 is 3.00 bits per heavy atom. The Hall–Kier alpha value is -1.33. The average Bonchev–Trinajstić information content (AvgIpc) is 2.95. The SMILES string of the molecule is CC(NCCCN1CCCCC1C)c1ccc(C(=O)O)o1. The van der Waals surface area contributed by atoms with Crippen LogP contribution < -0.4 is 5.32 Å². The van der Waals surface area contributed by atoms with E-state index in [2.05, 4.69) is 17.1 Å². The number of rotatable bonds is 7. The number of furan rings is 1. The Labute approximate surface area is 126 Å². The molecule has 2 unspecified atom stereocenters. The maximum atomic E-state index is 10.8. The number of hydrogen-bond donors (Lipinski definition) is 2. The van der Waals surface area contributed by atoms with Crippen LogP contribution in [0.2, 0.25) is 0 Å². The number of hydrogen-bond acceptors (Lipinski definition) is 4. The fourth-order valence-electron chi connectivity index (χ4n) is 2.89. The van der Waals surface area contributed by atoms with Crippen molar-refractivity contribution in [2.45, 2.75) is 51.6 Å². The van der Waals surface area contributed by atoms with Crippen molar-refractivity contribution < 1.29 is 14.3 Å². The number of carbonyl (C=O) groups is 1. The van der Waals surface area contributed by atoms with Crippen molar-refractivity contribution in [1.29, 1.82) is 0 Å². The molecule has 1 saturated heterocycles. The monoisotopic (exact) mass is 294 g/mol. The molecule has 0 spiro atoms. The van der Waals surface area contributed by atoms with Gasteiger partial charge in [-0.25, -0.2) is 4.79 Å². The molecule has 0 aromatic carbocycles. The van der Waals surface area contributed by atoms with Gasteiger partial charge in [0.1, 0.15) is 5.76 Å². The predicted molar refractivity (Wildman–Crippen MR) is 81.6 cm³/mol. The Kier molecular flexibility index (Phi) is 5.82. The second kappa shape index (κ2) is 7.61. The van der Waals surface area contributed by atoms with E-state index in [0.29, 0.717) is 11.8 Å². The highest BCUT2D eigenvalue weighted by Crippen LogP contribution is 2.17. The molecule has 2 N–H and O–H groups in total. The lowest BCUT2D eigenvalue weighted by Crippen LogP contribution is -2.39. The summed E-state index contributed by atoms with van der Waals surface area (Å²) in [5, 5.41) is 12.2. The standard InChI is InChI=1S/C16H26N2O3/c1-12-6-3-4-10-18(12)11-5-9-17-13(2)14-7-8-15(21-14)16(19)20/h7-8,12-13,17H,3-6,9-11H2,1-2H3,(H,19,20). The normalized spacial score (nSPS) is 21.3. The molecule has 2 rings (SSSR count). The molecule has 0 radical (unpaired) electrons. The number of aromatic carboxylic acids is 1. The van der Waals surface area contributed by atoms with Gasteiger partial charge in [-0.1, -0.05) is 6.42 Å². The minimum atomic E-state index is -1.02. The van der Waals surface area contributed by atoms with E-state index in [-0.39, 0.29) is 11.8 Å². The van der Waals surface area contributed by atoms with Crippen LogP contribution in [0.4, 0.5) is 0 Å². The van der Waals surface area contributed by atoms with Gasteiger partial charge in [0.25, 0.3) is 0 Å². The van der Waals surface area contributed by atoms with Gasteiger partial charge >= 0.3 is 5.97 Å². The smallest absolute Gasteiger partial charge is 0.371 e. The predicted octanol–water partition coefficient (Wildman–Crippen LogP) is 2.89. The molecule has 1 aromatic rings. The highest BCUT2D eigenvalue weighted by Gasteiger charge is 2.17. The van der Waals surface area contributed by atoms with Gasteiger partial charge < -0.3 is 19.7 Å². The summed E-state index contributed by atoms with van der Waals surface area (Å²) in [5.41, 5.74) is 0. The van der Waals surface area contributed by atoms with Crippen LogP contribution in [0.5, 0.6) is 0 Å². The van der Waals surface area contributed by atoms with Crippen LogP contribution in [-0.4, -0.2) is 41.7 Å². The van der Waals surface area contributed by atoms with Crippen molar-refractivity contribution in [1.82, 2.24) is 10.2 Å². The largest absolute Gasteiger partial charge is 0.475 e. The first-order valence-corrected chi connectivity index (χ1v) is 7.88. The first-order valence-electron chi connectivity index (χ1n) is 7.88. The molecule has 1 aliphatic heterocycles. The van der Waals surface area contributed by atoms with Crippen LogP contribution >= 0.6 is 0 Å². The van der Waals surface area contributed by atoms with Crippen molar-refractivity contribution in [3.63, 3.8) is 0 Å². The van der Waals surface area contributed by atoms with Gasteiger partial charge in [0, 0.05) is 6.04 Å². The van der Waals surface area contributed by atoms with E-state index in [9.17, 15) is 4.79 Å². The number of likely N-dealkylation sites (tertiary alicyclic amines) is 1. The molecular weight excluding hydrogens is 268 g/mol. The van der Waals surface area contributed by atoms with Gasteiger partial charge in [0.05, 0.1) is 6.04 Å². The second-order valence-electron chi connectivity index (χ2n) is 5.92. The molecule has 5 nitrogen and oxygen atoms in total. The lowest BCUT2D eigenvalue weighted by atomic mass is 10.0. The zero-order valence-electron chi connectivity index (χ0n) is 13.0. The third-order valence-electron chi connectivity index (χ3n) is 4.28. The molecule has 1 fully saturated rings. The Morgan fingerprint density at radius 2 is 2.33 bits per heavy atom. The number of carboxylic acids is 1. The topological polar surface area (TPSA) is 65.7 Å². The highest BCUT2D eigenvalue weighted by molar-refractivity contribution is 5.84. The molecule has 0 aliphatic carbocycles. The van der Waals surface area contributed by atoms with Gasteiger partial charge in [0.15, 0.2) is 0 Å². The van der Waals surface area contributed by atoms with Gasteiger partial charge in [-0.15, -0.1) is 0 Å². The molecule has 2 heterocycles. The summed E-state index contributed by atoms with van der Waals surface area (Å²) in [4.78, 5) is 13.3. The van der Waals surface area contributed by atoms with Crippen LogP contribution in [0.1, 0.15) is 61.9 Å². The van der Waals surface area contributed by atoms with Crippen LogP contribution in [0, 0.1) is 0 Å². The summed E-state index contributed by atoms with van der Waals surface area (Å²) in [6, 6.07) is 3.98. The van der Waals surface area contributed by atoms with E-state index in [1.54, 1.807) is 6.07 Å². The molecule has 0 bridgehead atoms. The Bertz CT molecular complexity index is 458. The van der Waals surface area contributed by atoms with Crippen LogP contribution in [0.3, 0.4) is 0 Å². The van der Waals surface area contributed by atoms with E-state index in [1.807, 2.05) is 6.92 Å². The van der Waals surface area contributed by atoms with Gasteiger partial charge in [-0.2, -0.15) is 0 Å². The summed E-state index contributed by atoms with van der Waals surface area (Å²) in [7, 11) is 0. The average molecular weight is 294 g/mol. The minimum absolute atomic E-state index is 0.000733. The van der Waals surface area contributed by atoms with E-state index in [4.69, 9.17) is 9.52 Å². The minimum Gasteiger partial charge on any atom is -0.475 e. The second-order valence-corrected chi connectivity index (χ2v) is 5.92. The molecule has 1 aromatic heterocycles. The molecular formula is C16H26N2O3. The summed E-state index contributed by atoms with van der Waals surface area (Å²) < 4.78 is 5.30. The molecule has 21 heavy (non-hydrogen) atoms. The van der Waals surface area contributed by atoms with E-state index >= 15 is 0 Å². The first-order chi connectivity index (χ1) is 10.1. The number of nitrogens with zero attached hydrogens (tertiary/aromatic N) is 1.